The summed E-state index contributed by atoms with van der Waals surface area (Å²) in [5.74, 6) is -0.281. The Morgan fingerprint density at radius 2 is 1.65 bits per heavy atom. The number of benzene rings is 2. The number of nitrogens with one attached hydrogen (secondary N) is 1. The fraction of sp³-hybridized carbons (Fsp3) is 0.265. The van der Waals surface area contributed by atoms with Gasteiger partial charge in [-0.05, 0) is 91.3 Å². The molecule has 2 amide bonds. The van der Waals surface area contributed by atoms with Gasteiger partial charge in [0, 0.05) is 30.2 Å². The van der Waals surface area contributed by atoms with Crippen molar-refractivity contribution in [1.82, 2.24) is 15.2 Å². The zero-order chi connectivity index (χ0) is 29.7. The van der Waals surface area contributed by atoms with Crippen LogP contribution in [0.15, 0.2) is 85.9 Å². The minimum Gasteiger partial charge on any atom is -0.348 e. The van der Waals surface area contributed by atoms with Crippen LogP contribution in [-0.4, -0.2) is 21.7 Å². The molecule has 0 saturated heterocycles. The number of aryl methyl sites for hydroxylation is 2. The van der Waals surface area contributed by atoms with Gasteiger partial charge in [0.2, 0.25) is 5.91 Å². The van der Waals surface area contributed by atoms with Gasteiger partial charge >= 0.3 is 0 Å². The van der Waals surface area contributed by atoms with Crippen molar-refractivity contribution in [3.63, 3.8) is 0 Å². The third-order valence-electron chi connectivity index (χ3n) is 6.29. The van der Waals surface area contributed by atoms with Crippen LogP contribution >= 0.6 is 11.6 Å². The first kappa shape index (κ1) is 32.3. The van der Waals surface area contributed by atoms with Gasteiger partial charge in [0.05, 0.1) is 12.1 Å². The minimum absolute atomic E-state index is 0.104. The van der Waals surface area contributed by atoms with E-state index in [9.17, 15) is 9.59 Å². The second-order valence-corrected chi connectivity index (χ2v) is 9.54. The number of allylic oxidation sites excluding steroid dienone is 2. The quantitative estimate of drug-likeness (QED) is 0.258. The van der Waals surface area contributed by atoms with Crippen LogP contribution < -0.4 is 5.32 Å². The maximum atomic E-state index is 12.9. The Kier molecular flexibility index (Phi) is 13.1. The molecule has 5 nitrogen and oxygen atoms in total. The minimum atomic E-state index is -0.177. The van der Waals surface area contributed by atoms with Crippen molar-refractivity contribution in [2.75, 3.05) is 0 Å². The Balaban J connectivity index is 0.00000274. The number of nitrogens with zero attached hydrogens (tertiary/aromatic N) is 2. The van der Waals surface area contributed by atoms with Crippen molar-refractivity contribution in [2.45, 2.75) is 61.1 Å². The molecule has 2 aromatic carbocycles. The van der Waals surface area contributed by atoms with Crippen LogP contribution in [-0.2, 0) is 24.3 Å². The van der Waals surface area contributed by atoms with Crippen LogP contribution in [0.4, 0.5) is 0 Å². The molecule has 1 N–H and O–H groups in total. The van der Waals surface area contributed by atoms with E-state index >= 15 is 0 Å². The lowest BCUT2D eigenvalue weighted by Gasteiger charge is -2.16. The van der Waals surface area contributed by atoms with E-state index in [4.69, 9.17) is 11.6 Å². The Morgan fingerprint density at radius 3 is 2.27 bits per heavy atom. The third-order valence-corrected chi connectivity index (χ3v) is 6.71. The van der Waals surface area contributed by atoms with Crippen molar-refractivity contribution >= 4 is 28.4 Å². The Labute approximate surface area is 244 Å². The van der Waals surface area contributed by atoms with Crippen LogP contribution in [0.1, 0.15) is 77.0 Å². The average molecular weight is 558 g/mol. The summed E-state index contributed by atoms with van der Waals surface area (Å²) >= 11 is 6.37. The first-order chi connectivity index (χ1) is 19.2. The van der Waals surface area contributed by atoms with E-state index in [2.05, 4.69) is 22.9 Å². The molecule has 0 aliphatic carbocycles. The molecule has 1 heterocycles. The topological polar surface area (TPSA) is 62.3 Å². The molecule has 0 saturated carbocycles. The van der Waals surface area contributed by atoms with Crippen LogP contribution in [0.2, 0.25) is 0 Å². The maximum absolute atomic E-state index is 12.9. The summed E-state index contributed by atoms with van der Waals surface area (Å²) in [7, 11) is 0. The molecule has 6 heteroatoms. The average Bonchev–Trinajstić information content (AvgIpc) is 2.97. The Hall–Kier alpha value is -3.96. The highest BCUT2D eigenvalue weighted by Crippen LogP contribution is 2.26. The predicted molar refractivity (Wildman–Crippen MR) is 167 cm³/mol. The largest absolute Gasteiger partial charge is 0.348 e. The molecule has 0 aliphatic heterocycles. The van der Waals surface area contributed by atoms with Gasteiger partial charge in [0.25, 0.3) is 5.91 Å². The summed E-state index contributed by atoms with van der Waals surface area (Å²) in [5.41, 5.74) is 7.74. The monoisotopic (exact) mass is 557 g/mol. The van der Waals surface area contributed by atoms with E-state index < -0.39 is 0 Å². The second kappa shape index (κ2) is 16.2. The fourth-order valence-electron chi connectivity index (χ4n) is 4.15. The molecule has 3 rings (SSSR count). The molecule has 0 atom stereocenters. The summed E-state index contributed by atoms with van der Waals surface area (Å²) in [6.07, 6.45) is 10.6. The number of rotatable bonds is 10. The van der Waals surface area contributed by atoms with Gasteiger partial charge in [0.1, 0.15) is 0 Å². The number of aromatic nitrogens is 1. The van der Waals surface area contributed by atoms with E-state index in [0.717, 1.165) is 38.9 Å². The second-order valence-electron chi connectivity index (χ2n) is 9.14. The Bertz CT molecular complexity index is 1370. The molecular formula is C34H40ClN3O2. The fourth-order valence-corrected chi connectivity index (χ4v) is 4.36. The molecule has 0 aliphatic rings. The lowest BCUT2D eigenvalue weighted by molar-refractivity contribution is -0.124. The molecular weight excluding hydrogens is 518 g/mol. The molecule has 1 aromatic heterocycles. The van der Waals surface area contributed by atoms with Crippen molar-refractivity contribution in [3.05, 3.63) is 130 Å². The lowest BCUT2D eigenvalue weighted by atomic mass is 9.99. The number of carbonyl (C=O) groups is 2. The number of amides is 2. The predicted octanol–water partition coefficient (Wildman–Crippen LogP) is 7.89. The highest BCUT2D eigenvalue weighted by Gasteiger charge is 2.12. The van der Waals surface area contributed by atoms with Gasteiger partial charge in [0.15, 0.2) is 0 Å². The molecule has 0 bridgehead atoms. The normalized spacial score (nSPS) is 11.0. The lowest BCUT2D eigenvalue weighted by Crippen LogP contribution is -2.23. The summed E-state index contributed by atoms with van der Waals surface area (Å²) in [6.45, 7) is 16.4. The van der Waals surface area contributed by atoms with E-state index in [-0.39, 0.29) is 11.8 Å². The molecule has 210 valence electrons. The zero-order valence-corrected chi connectivity index (χ0v) is 25.2. The van der Waals surface area contributed by atoms with Gasteiger partial charge in [-0.1, -0.05) is 74.5 Å². The summed E-state index contributed by atoms with van der Waals surface area (Å²) in [4.78, 5) is 30.9. The maximum Gasteiger partial charge on any atom is 0.253 e. The summed E-state index contributed by atoms with van der Waals surface area (Å²) in [6, 6.07) is 14.0. The molecule has 0 radical (unpaired) electrons. The SMILES string of the molecule is C=CN(Cc1ccc(Cc2cncc(C(=O)NCc3cc(/C(Cl)=C\C)c(C)cc3C)c2)cc1)C(=O)/C=C\C.CC. The van der Waals surface area contributed by atoms with Crippen molar-refractivity contribution in [2.24, 2.45) is 0 Å². The molecule has 0 spiro atoms. The first-order valence-electron chi connectivity index (χ1n) is 13.5. The van der Waals surface area contributed by atoms with Gasteiger partial charge in [-0.25, -0.2) is 0 Å². The van der Waals surface area contributed by atoms with E-state index in [0.29, 0.717) is 30.1 Å². The van der Waals surface area contributed by atoms with Gasteiger partial charge in [-0.2, -0.15) is 0 Å². The molecule has 0 fully saturated rings. The van der Waals surface area contributed by atoms with Gasteiger partial charge in [-0.15, -0.1) is 0 Å². The highest BCUT2D eigenvalue weighted by atomic mass is 35.5. The smallest absolute Gasteiger partial charge is 0.253 e. The van der Waals surface area contributed by atoms with Crippen LogP contribution in [0.3, 0.4) is 0 Å². The van der Waals surface area contributed by atoms with Crippen molar-refractivity contribution < 1.29 is 9.59 Å². The number of carbonyl (C=O) groups excluding carboxylic acids is 2. The van der Waals surface area contributed by atoms with E-state index in [1.807, 2.05) is 84.0 Å². The first-order valence-corrected chi connectivity index (χ1v) is 13.9. The highest BCUT2D eigenvalue weighted by molar-refractivity contribution is 6.48. The van der Waals surface area contributed by atoms with Crippen molar-refractivity contribution in [3.8, 4) is 0 Å². The number of hydrogen-bond donors (Lipinski definition) is 1. The number of halogens is 1. The molecule has 40 heavy (non-hydrogen) atoms. The third kappa shape index (κ3) is 9.06. The van der Waals surface area contributed by atoms with E-state index in [1.165, 1.54) is 12.3 Å². The van der Waals surface area contributed by atoms with Crippen LogP contribution in [0.25, 0.3) is 5.03 Å². The molecule has 0 unspecified atom stereocenters. The zero-order valence-electron chi connectivity index (χ0n) is 24.4. The van der Waals surface area contributed by atoms with Gasteiger partial charge in [-0.3, -0.25) is 14.6 Å². The molecule has 3 aromatic rings. The van der Waals surface area contributed by atoms with Crippen LogP contribution in [0.5, 0.6) is 0 Å². The van der Waals surface area contributed by atoms with E-state index in [1.54, 1.807) is 23.4 Å². The van der Waals surface area contributed by atoms with Gasteiger partial charge < -0.3 is 10.2 Å². The van der Waals surface area contributed by atoms with Crippen LogP contribution in [0, 0.1) is 13.8 Å². The van der Waals surface area contributed by atoms with Crippen molar-refractivity contribution in [1.29, 1.82) is 0 Å². The number of hydrogen-bond acceptors (Lipinski definition) is 3. The summed E-state index contributed by atoms with van der Waals surface area (Å²) < 4.78 is 0. The summed E-state index contributed by atoms with van der Waals surface area (Å²) in [5, 5.41) is 3.71. The Morgan fingerprint density at radius 1 is 0.975 bits per heavy atom. The number of pyridine rings is 1. The standard InChI is InChI=1S/C32H34ClN3O2.C2H6/c1-6-9-31(37)36(8-3)21-25-12-10-24(11-13-25)15-26-16-28(19-34-18-26)32(38)35-20-27-17-29(30(33)7-2)23(5)14-22(27)4;1-2/h6-14,16-19H,3,15,20-21H2,1-2,4-5H3,(H,35,38);1-2H3/b9-6-,30-7+;.